The van der Waals surface area contributed by atoms with Gasteiger partial charge in [-0.1, -0.05) is 12.1 Å². The summed E-state index contributed by atoms with van der Waals surface area (Å²) in [6.45, 7) is 0. The first-order valence-electron chi connectivity index (χ1n) is 6.46. The average molecular weight is 283 g/mol. The molecule has 0 aromatic heterocycles. The molecule has 0 saturated carbocycles. The number of allylic oxidation sites excluding steroid dienone is 1. The predicted molar refractivity (Wildman–Crippen MR) is 82.4 cm³/mol. The molecule has 21 heavy (non-hydrogen) atoms. The van der Waals surface area contributed by atoms with Gasteiger partial charge in [0.15, 0.2) is 5.84 Å². The van der Waals surface area contributed by atoms with Gasteiger partial charge in [0.25, 0.3) is 5.91 Å². The SMILES string of the molecule is CNc1ccc(/C(C#N)=C2/C(=O)N(C)N=C2N(C)C)cc1. The van der Waals surface area contributed by atoms with Gasteiger partial charge in [-0.15, -0.1) is 0 Å². The summed E-state index contributed by atoms with van der Waals surface area (Å²) in [4.78, 5) is 14.0. The lowest BCUT2D eigenvalue weighted by Crippen LogP contribution is -2.25. The summed E-state index contributed by atoms with van der Waals surface area (Å²) >= 11 is 0. The predicted octanol–water partition coefficient (Wildman–Crippen LogP) is 1.35. The Kier molecular flexibility index (Phi) is 3.94. The fourth-order valence-corrected chi connectivity index (χ4v) is 2.10. The zero-order valence-electron chi connectivity index (χ0n) is 12.5. The first kappa shape index (κ1) is 14.6. The van der Waals surface area contributed by atoms with Crippen LogP contribution in [-0.2, 0) is 4.79 Å². The molecule has 1 aromatic rings. The lowest BCUT2D eigenvalue weighted by atomic mass is 9.99. The molecule has 1 heterocycles. The van der Waals surface area contributed by atoms with Crippen LogP contribution in [0.3, 0.4) is 0 Å². The highest BCUT2D eigenvalue weighted by molar-refractivity contribution is 6.29. The minimum atomic E-state index is -0.270. The van der Waals surface area contributed by atoms with Crippen molar-refractivity contribution in [2.24, 2.45) is 5.10 Å². The van der Waals surface area contributed by atoms with E-state index in [0.29, 0.717) is 22.5 Å². The third kappa shape index (κ3) is 2.58. The van der Waals surface area contributed by atoms with E-state index in [1.165, 1.54) is 5.01 Å². The van der Waals surface area contributed by atoms with Gasteiger partial charge in [0.05, 0.1) is 5.57 Å². The summed E-state index contributed by atoms with van der Waals surface area (Å²) in [7, 11) is 7.00. The summed E-state index contributed by atoms with van der Waals surface area (Å²) in [5.74, 6) is 0.227. The third-order valence-electron chi connectivity index (χ3n) is 3.22. The highest BCUT2D eigenvalue weighted by atomic mass is 16.2. The molecule has 0 saturated heterocycles. The Morgan fingerprint density at radius 1 is 1.33 bits per heavy atom. The number of nitrogens with zero attached hydrogens (tertiary/aromatic N) is 4. The van der Waals surface area contributed by atoms with Crippen LogP contribution >= 0.6 is 0 Å². The number of amidine groups is 1. The van der Waals surface area contributed by atoms with Crippen molar-refractivity contribution in [3.8, 4) is 6.07 Å². The fraction of sp³-hybridized carbons (Fsp3) is 0.267. The molecule has 0 atom stereocenters. The summed E-state index contributed by atoms with van der Waals surface area (Å²) in [6, 6.07) is 9.50. The van der Waals surface area contributed by atoms with E-state index >= 15 is 0 Å². The molecular weight excluding hydrogens is 266 g/mol. The number of hydrogen-bond acceptors (Lipinski definition) is 5. The van der Waals surface area contributed by atoms with Crippen molar-refractivity contribution in [2.45, 2.75) is 0 Å². The highest BCUT2D eigenvalue weighted by Gasteiger charge is 2.32. The van der Waals surface area contributed by atoms with Crippen LogP contribution in [0.15, 0.2) is 34.9 Å². The monoisotopic (exact) mass is 283 g/mol. The van der Waals surface area contributed by atoms with Crippen LogP contribution in [0.4, 0.5) is 5.69 Å². The van der Waals surface area contributed by atoms with Crippen LogP contribution in [0, 0.1) is 11.3 Å². The normalized spacial score (nSPS) is 16.4. The highest BCUT2D eigenvalue weighted by Crippen LogP contribution is 2.26. The van der Waals surface area contributed by atoms with E-state index < -0.39 is 0 Å². The standard InChI is InChI=1S/C15H17N5O/c1-17-11-7-5-10(6-8-11)12(9-16)13-14(19(2)3)18-20(4)15(13)21/h5-8,17H,1-4H3/b13-12+. The van der Waals surface area contributed by atoms with Gasteiger partial charge in [0.1, 0.15) is 11.6 Å². The molecule has 0 fully saturated rings. The fourth-order valence-electron chi connectivity index (χ4n) is 2.10. The van der Waals surface area contributed by atoms with Crippen LogP contribution in [0.2, 0.25) is 0 Å². The second-order valence-electron chi connectivity index (χ2n) is 4.84. The first-order chi connectivity index (χ1) is 9.99. The third-order valence-corrected chi connectivity index (χ3v) is 3.22. The lowest BCUT2D eigenvalue weighted by molar-refractivity contribution is -0.124. The van der Waals surface area contributed by atoms with Crippen LogP contribution in [0.1, 0.15) is 5.56 Å². The number of anilines is 1. The smallest absolute Gasteiger partial charge is 0.278 e. The van der Waals surface area contributed by atoms with Gasteiger partial charge in [0, 0.05) is 33.9 Å². The number of hydrogen-bond donors (Lipinski definition) is 1. The summed E-state index contributed by atoms with van der Waals surface area (Å²) in [5, 5.41) is 18.0. The number of likely N-dealkylation sites (N-methyl/N-ethyl adjacent to an activating group) is 2. The topological polar surface area (TPSA) is 71.7 Å². The zero-order chi connectivity index (χ0) is 15.6. The van der Waals surface area contributed by atoms with Crippen molar-refractivity contribution in [1.82, 2.24) is 9.91 Å². The quantitative estimate of drug-likeness (QED) is 0.657. The van der Waals surface area contributed by atoms with Crippen molar-refractivity contribution in [2.75, 3.05) is 33.5 Å². The zero-order valence-corrected chi connectivity index (χ0v) is 12.5. The van der Waals surface area contributed by atoms with Crippen molar-refractivity contribution in [3.05, 3.63) is 35.4 Å². The Morgan fingerprint density at radius 3 is 2.43 bits per heavy atom. The maximum atomic E-state index is 12.3. The maximum absolute atomic E-state index is 12.3. The van der Waals surface area contributed by atoms with E-state index in [2.05, 4.69) is 16.5 Å². The minimum absolute atomic E-state index is 0.270. The van der Waals surface area contributed by atoms with Gasteiger partial charge in [-0.3, -0.25) is 4.79 Å². The lowest BCUT2D eigenvalue weighted by Gasteiger charge is -2.13. The molecule has 108 valence electrons. The number of carbonyl (C=O) groups is 1. The van der Waals surface area contributed by atoms with Gasteiger partial charge in [-0.05, 0) is 17.7 Å². The molecule has 1 amide bonds. The number of hydrazone groups is 1. The Balaban J connectivity index is 2.58. The van der Waals surface area contributed by atoms with Crippen LogP contribution < -0.4 is 5.32 Å². The van der Waals surface area contributed by atoms with Gasteiger partial charge in [-0.25, -0.2) is 5.01 Å². The van der Waals surface area contributed by atoms with Crippen molar-refractivity contribution >= 4 is 23.0 Å². The van der Waals surface area contributed by atoms with Crippen molar-refractivity contribution < 1.29 is 4.79 Å². The maximum Gasteiger partial charge on any atom is 0.278 e. The largest absolute Gasteiger partial charge is 0.388 e. The van der Waals surface area contributed by atoms with Gasteiger partial charge >= 0.3 is 0 Å². The van der Waals surface area contributed by atoms with Gasteiger partial charge in [0.2, 0.25) is 0 Å². The van der Waals surface area contributed by atoms with Crippen molar-refractivity contribution in [1.29, 1.82) is 5.26 Å². The number of amides is 1. The summed E-state index contributed by atoms with van der Waals surface area (Å²) < 4.78 is 0. The molecule has 6 nitrogen and oxygen atoms in total. The Morgan fingerprint density at radius 2 is 1.95 bits per heavy atom. The Bertz CT molecular complexity index is 664. The number of nitriles is 1. The Labute approximate surface area is 124 Å². The van der Waals surface area contributed by atoms with Crippen molar-refractivity contribution in [3.63, 3.8) is 0 Å². The molecule has 1 N–H and O–H groups in total. The molecule has 2 rings (SSSR count). The van der Waals surface area contributed by atoms with Crippen LogP contribution in [0.25, 0.3) is 5.57 Å². The molecule has 0 spiro atoms. The number of rotatable bonds is 2. The second kappa shape index (κ2) is 5.67. The summed E-state index contributed by atoms with van der Waals surface area (Å²) in [6.07, 6.45) is 0. The van der Waals surface area contributed by atoms with E-state index in [1.54, 1.807) is 26.0 Å². The number of carbonyl (C=O) groups excluding carboxylic acids is 1. The van der Waals surface area contributed by atoms with Crippen LogP contribution in [-0.4, -0.2) is 49.8 Å². The molecule has 0 unspecified atom stereocenters. The van der Waals surface area contributed by atoms with E-state index in [0.717, 1.165) is 5.69 Å². The average Bonchev–Trinajstić information content (AvgIpc) is 2.78. The van der Waals surface area contributed by atoms with Gasteiger partial charge in [-0.2, -0.15) is 10.4 Å². The minimum Gasteiger partial charge on any atom is -0.388 e. The van der Waals surface area contributed by atoms with Crippen LogP contribution in [0.5, 0.6) is 0 Å². The molecule has 1 aliphatic rings. The van der Waals surface area contributed by atoms with E-state index in [9.17, 15) is 10.1 Å². The van der Waals surface area contributed by atoms with E-state index in [1.807, 2.05) is 31.3 Å². The molecule has 0 radical (unpaired) electrons. The molecular formula is C15H17N5O. The Hall–Kier alpha value is -2.81. The van der Waals surface area contributed by atoms with E-state index in [-0.39, 0.29) is 5.91 Å². The molecule has 0 aliphatic carbocycles. The molecule has 0 bridgehead atoms. The second-order valence-corrected chi connectivity index (χ2v) is 4.84. The number of nitrogens with one attached hydrogen (secondary N) is 1. The molecule has 6 heteroatoms. The number of benzene rings is 1. The van der Waals surface area contributed by atoms with Gasteiger partial charge < -0.3 is 10.2 Å². The molecule has 1 aromatic carbocycles. The van der Waals surface area contributed by atoms with E-state index in [4.69, 9.17) is 0 Å². The molecule has 1 aliphatic heterocycles. The summed E-state index contributed by atoms with van der Waals surface area (Å²) in [5.41, 5.74) is 2.31. The first-order valence-corrected chi connectivity index (χ1v) is 6.46.